The number of aromatic nitrogens is 1. The molecule has 1 heterocycles. The first-order valence-corrected chi connectivity index (χ1v) is 8.91. The first-order valence-electron chi connectivity index (χ1n) is 8.10. The van der Waals surface area contributed by atoms with Crippen LogP contribution in [0.4, 0.5) is 10.8 Å². The van der Waals surface area contributed by atoms with Crippen molar-refractivity contribution >= 4 is 38.6 Å². The van der Waals surface area contributed by atoms with Crippen molar-refractivity contribution in [1.29, 1.82) is 0 Å². The third-order valence-corrected chi connectivity index (χ3v) is 4.92. The van der Waals surface area contributed by atoms with Gasteiger partial charge >= 0.3 is 0 Å². The van der Waals surface area contributed by atoms with Gasteiger partial charge in [-0.1, -0.05) is 17.4 Å². The minimum absolute atomic E-state index is 0.236. The van der Waals surface area contributed by atoms with Gasteiger partial charge in [0.1, 0.15) is 5.75 Å². The normalized spacial score (nSPS) is 11.5. The molecule has 1 aromatic heterocycles. The van der Waals surface area contributed by atoms with Crippen LogP contribution >= 0.6 is 11.3 Å². The van der Waals surface area contributed by atoms with E-state index >= 15 is 0 Å². The fourth-order valence-corrected chi connectivity index (χ4v) is 3.54. The molecule has 0 aliphatic carbocycles. The minimum Gasteiger partial charge on any atom is -0.507 e. The van der Waals surface area contributed by atoms with Crippen molar-refractivity contribution in [2.24, 2.45) is 4.99 Å². The minimum atomic E-state index is 0.236. The molecular formula is C19H21N3OS. The van der Waals surface area contributed by atoms with Gasteiger partial charge in [0.05, 0.1) is 10.2 Å². The average molecular weight is 339 g/mol. The van der Waals surface area contributed by atoms with Crippen molar-refractivity contribution in [2.45, 2.75) is 20.8 Å². The Balaban J connectivity index is 1.85. The molecule has 0 unspecified atom stereocenters. The summed E-state index contributed by atoms with van der Waals surface area (Å²) in [6, 6.07) is 11.9. The molecule has 0 spiro atoms. The lowest BCUT2D eigenvalue weighted by Gasteiger charge is -2.21. The first-order chi connectivity index (χ1) is 11.6. The maximum absolute atomic E-state index is 10.3. The van der Waals surface area contributed by atoms with Crippen LogP contribution in [0.5, 0.6) is 5.75 Å². The third-order valence-electron chi connectivity index (χ3n) is 3.99. The van der Waals surface area contributed by atoms with Crippen molar-refractivity contribution in [2.75, 3.05) is 18.0 Å². The molecule has 0 aliphatic rings. The molecule has 0 aliphatic heterocycles. The van der Waals surface area contributed by atoms with Crippen LogP contribution in [0.2, 0.25) is 0 Å². The zero-order chi connectivity index (χ0) is 17.1. The van der Waals surface area contributed by atoms with Crippen LogP contribution in [-0.4, -0.2) is 29.4 Å². The quantitative estimate of drug-likeness (QED) is 0.672. The lowest BCUT2D eigenvalue weighted by atomic mass is 10.2. The molecule has 124 valence electrons. The number of phenolic OH excluding ortho intramolecular Hbond substituents is 1. The summed E-state index contributed by atoms with van der Waals surface area (Å²) in [5, 5.41) is 10.9. The van der Waals surface area contributed by atoms with Crippen LogP contribution in [0.25, 0.3) is 10.2 Å². The van der Waals surface area contributed by atoms with E-state index in [1.165, 1.54) is 5.56 Å². The number of anilines is 1. The van der Waals surface area contributed by atoms with Crippen LogP contribution in [0.3, 0.4) is 0 Å². The molecule has 2 aromatic carbocycles. The predicted molar refractivity (Wildman–Crippen MR) is 103 cm³/mol. The Labute approximate surface area is 146 Å². The number of aromatic hydroxyl groups is 1. The van der Waals surface area contributed by atoms with E-state index in [1.54, 1.807) is 23.6 Å². The molecule has 24 heavy (non-hydrogen) atoms. The van der Waals surface area contributed by atoms with E-state index in [9.17, 15) is 5.11 Å². The van der Waals surface area contributed by atoms with E-state index in [-0.39, 0.29) is 5.75 Å². The highest BCUT2D eigenvalue weighted by Gasteiger charge is 2.06. The number of thiazole rings is 1. The molecule has 0 radical (unpaired) electrons. The standard InChI is InChI=1S/C19H21N3OS/c1-4-22(5-2)15-8-7-14(17(23)11-15)12-20-19-21-16-9-6-13(3)10-18(16)24-19/h6-12,23H,4-5H2,1-3H3/b20-12+. The largest absolute Gasteiger partial charge is 0.507 e. The van der Waals surface area contributed by atoms with E-state index in [1.807, 2.05) is 24.3 Å². The highest BCUT2D eigenvalue weighted by atomic mass is 32.1. The van der Waals surface area contributed by atoms with Crippen LogP contribution in [0, 0.1) is 6.92 Å². The summed E-state index contributed by atoms with van der Waals surface area (Å²) >= 11 is 1.55. The van der Waals surface area contributed by atoms with Crippen molar-refractivity contribution in [3.05, 3.63) is 47.5 Å². The summed E-state index contributed by atoms with van der Waals surface area (Å²) in [5.41, 5.74) is 3.89. The number of phenols is 1. The van der Waals surface area contributed by atoms with Crippen LogP contribution in [-0.2, 0) is 0 Å². The summed E-state index contributed by atoms with van der Waals surface area (Å²) in [6.45, 7) is 8.09. The SMILES string of the molecule is CCN(CC)c1ccc(/C=N/c2nc3ccc(C)cc3s2)c(O)c1. The highest BCUT2D eigenvalue weighted by Crippen LogP contribution is 2.29. The van der Waals surface area contributed by atoms with E-state index < -0.39 is 0 Å². The van der Waals surface area contributed by atoms with Gasteiger partial charge in [0.25, 0.3) is 0 Å². The predicted octanol–water partition coefficient (Wildman–Crippen LogP) is 4.91. The number of aryl methyl sites for hydroxylation is 1. The Bertz CT molecular complexity index is 881. The number of rotatable bonds is 5. The zero-order valence-corrected chi connectivity index (χ0v) is 15.0. The maximum atomic E-state index is 10.3. The molecule has 5 heteroatoms. The van der Waals surface area contributed by atoms with Crippen LogP contribution in [0.15, 0.2) is 41.4 Å². The summed E-state index contributed by atoms with van der Waals surface area (Å²) in [7, 11) is 0. The van der Waals surface area contributed by atoms with Crippen LogP contribution < -0.4 is 4.90 Å². The molecule has 0 atom stereocenters. The Kier molecular flexibility index (Phi) is 4.81. The second-order valence-corrected chi connectivity index (χ2v) is 6.65. The molecule has 3 aromatic rings. The van der Waals surface area contributed by atoms with Gasteiger partial charge < -0.3 is 10.0 Å². The number of fused-ring (bicyclic) bond motifs is 1. The van der Waals surface area contributed by atoms with Gasteiger partial charge in [0.15, 0.2) is 0 Å². The Hall–Kier alpha value is -2.40. The van der Waals surface area contributed by atoms with Gasteiger partial charge in [0.2, 0.25) is 5.13 Å². The summed E-state index contributed by atoms with van der Waals surface area (Å²) < 4.78 is 1.13. The van der Waals surface area contributed by atoms with Gasteiger partial charge in [-0.3, -0.25) is 0 Å². The topological polar surface area (TPSA) is 48.7 Å². The van der Waals surface area contributed by atoms with Gasteiger partial charge in [-0.15, -0.1) is 0 Å². The van der Waals surface area contributed by atoms with E-state index in [4.69, 9.17) is 0 Å². The lowest BCUT2D eigenvalue weighted by molar-refractivity contribution is 0.474. The molecule has 4 nitrogen and oxygen atoms in total. The van der Waals surface area contributed by atoms with Gasteiger partial charge in [0, 0.05) is 36.6 Å². The van der Waals surface area contributed by atoms with Crippen molar-refractivity contribution < 1.29 is 5.11 Å². The molecule has 0 fully saturated rings. The molecule has 3 rings (SSSR count). The average Bonchev–Trinajstić information content (AvgIpc) is 2.97. The van der Waals surface area contributed by atoms with E-state index in [0.717, 1.165) is 29.0 Å². The van der Waals surface area contributed by atoms with Crippen molar-refractivity contribution in [1.82, 2.24) is 4.98 Å². The molecule has 0 saturated carbocycles. The van der Waals surface area contributed by atoms with Gasteiger partial charge in [-0.05, 0) is 50.6 Å². The monoisotopic (exact) mass is 339 g/mol. The second-order valence-electron chi connectivity index (χ2n) is 5.64. The molecule has 1 N–H and O–H groups in total. The van der Waals surface area contributed by atoms with Gasteiger partial charge in [-0.2, -0.15) is 0 Å². The van der Waals surface area contributed by atoms with Crippen LogP contribution in [0.1, 0.15) is 25.0 Å². The van der Waals surface area contributed by atoms with Crippen molar-refractivity contribution in [3.8, 4) is 5.75 Å². The number of benzene rings is 2. The smallest absolute Gasteiger partial charge is 0.210 e. The number of hydrogen-bond donors (Lipinski definition) is 1. The fraction of sp³-hybridized carbons (Fsp3) is 0.263. The third kappa shape index (κ3) is 3.41. The molecular weight excluding hydrogens is 318 g/mol. The lowest BCUT2D eigenvalue weighted by Crippen LogP contribution is -2.21. The summed E-state index contributed by atoms with van der Waals surface area (Å²) in [6.07, 6.45) is 1.67. The Morgan fingerprint density at radius 1 is 1.17 bits per heavy atom. The summed E-state index contributed by atoms with van der Waals surface area (Å²) in [4.78, 5) is 11.1. The number of hydrogen-bond acceptors (Lipinski definition) is 5. The van der Waals surface area contributed by atoms with E-state index in [2.05, 4.69) is 41.7 Å². The fourth-order valence-electron chi connectivity index (χ4n) is 2.63. The highest BCUT2D eigenvalue weighted by molar-refractivity contribution is 7.22. The number of aliphatic imine (C=N–C) groups is 1. The first kappa shape index (κ1) is 16.5. The molecule has 0 bridgehead atoms. The van der Waals surface area contributed by atoms with Crippen molar-refractivity contribution in [3.63, 3.8) is 0 Å². The Morgan fingerprint density at radius 2 is 1.96 bits per heavy atom. The second kappa shape index (κ2) is 7.01. The molecule has 0 saturated heterocycles. The zero-order valence-electron chi connectivity index (χ0n) is 14.2. The summed E-state index contributed by atoms with van der Waals surface area (Å²) in [5.74, 6) is 0.236. The van der Waals surface area contributed by atoms with Gasteiger partial charge in [-0.25, -0.2) is 9.98 Å². The van der Waals surface area contributed by atoms with E-state index in [0.29, 0.717) is 10.7 Å². The Morgan fingerprint density at radius 3 is 2.67 bits per heavy atom. The molecule has 0 amide bonds. The number of nitrogens with zero attached hydrogens (tertiary/aromatic N) is 3. The maximum Gasteiger partial charge on any atom is 0.210 e.